The minimum absolute atomic E-state index is 0.101. The van der Waals surface area contributed by atoms with E-state index in [-0.39, 0.29) is 24.3 Å². The van der Waals surface area contributed by atoms with Crippen molar-refractivity contribution in [1.82, 2.24) is 10.3 Å². The topological polar surface area (TPSA) is 80.3 Å². The number of amides is 2. The first-order valence-corrected chi connectivity index (χ1v) is 9.59. The Morgan fingerprint density at radius 3 is 2.69 bits per heavy atom. The number of halogens is 1. The van der Waals surface area contributed by atoms with E-state index in [1.54, 1.807) is 29.6 Å². The lowest BCUT2D eigenvalue weighted by Gasteiger charge is -2.07. The summed E-state index contributed by atoms with van der Waals surface area (Å²) in [5.41, 5.74) is 1.12. The second-order valence-corrected chi connectivity index (χ2v) is 7.20. The number of hydrogen-bond acceptors (Lipinski definition) is 5. The number of ether oxygens (including phenoxy) is 1. The smallest absolute Gasteiger partial charge is 0.257 e. The first-order valence-electron chi connectivity index (χ1n) is 8.33. The molecule has 26 heavy (non-hydrogen) atoms. The van der Waals surface area contributed by atoms with E-state index in [9.17, 15) is 9.59 Å². The third kappa shape index (κ3) is 7.11. The first kappa shape index (κ1) is 20.4. The van der Waals surface area contributed by atoms with Crippen LogP contribution in [0.1, 0.15) is 36.3 Å². The summed E-state index contributed by atoms with van der Waals surface area (Å²) in [5, 5.41) is 8.34. The number of anilines is 1. The Morgan fingerprint density at radius 2 is 2.00 bits per heavy atom. The van der Waals surface area contributed by atoms with Crippen molar-refractivity contribution in [3.8, 4) is 0 Å². The van der Waals surface area contributed by atoms with Crippen molar-refractivity contribution in [2.45, 2.75) is 32.8 Å². The summed E-state index contributed by atoms with van der Waals surface area (Å²) >= 11 is 7.09. The fourth-order valence-electron chi connectivity index (χ4n) is 2.06. The molecule has 0 atom stereocenters. The number of nitrogens with zero attached hydrogens (tertiary/aromatic N) is 1. The maximum Gasteiger partial charge on any atom is 0.257 e. The molecule has 1 aromatic carbocycles. The van der Waals surface area contributed by atoms with Crippen LogP contribution in [0.4, 0.5) is 5.13 Å². The molecule has 0 fully saturated rings. The summed E-state index contributed by atoms with van der Waals surface area (Å²) in [7, 11) is 0. The molecule has 140 valence electrons. The molecular weight excluding hydrogens is 374 g/mol. The highest BCUT2D eigenvalue weighted by Gasteiger charge is 2.11. The molecule has 0 radical (unpaired) electrons. The lowest BCUT2D eigenvalue weighted by atomic mass is 10.2. The molecule has 0 spiro atoms. The van der Waals surface area contributed by atoms with Gasteiger partial charge >= 0.3 is 0 Å². The van der Waals surface area contributed by atoms with Crippen LogP contribution in [0.25, 0.3) is 0 Å². The summed E-state index contributed by atoms with van der Waals surface area (Å²) in [4.78, 5) is 28.3. The maximum absolute atomic E-state index is 12.1. The highest BCUT2D eigenvalue weighted by atomic mass is 35.5. The van der Waals surface area contributed by atoms with Crippen molar-refractivity contribution in [2.75, 3.05) is 18.5 Å². The van der Waals surface area contributed by atoms with Crippen molar-refractivity contribution in [2.24, 2.45) is 0 Å². The number of nitrogens with one attached hydrogen (secondary N) is 2. The zero-order valence-corrected chi connectivity index (χ0v) is 16.3. The largest absolute Gasteiger partial charge is 0.379 e. The highest BCUT2D eigenvalue weighted by molar-refractivity contribution is 7.14. The monoisotopic (exact) mass is 395 g/mol. The predicted molar refractivity (Wildman–Crippen MR) is 104 cm³/mol. The number of rotatable bonds is 9. The minimum atomic E-state index is -0.267. The van der Waals surface area contributed by atoms with Crippen LogP contribution < -0.4 is 10.6 Å². The summed E-state index contributed by atoms with van der Waals surface area (Å²) in [6.07, 6.45) is 1.14. The van der Waals surface area contributed by atoms with Gasteiger partial charge in [-0.2, -0.15) is 0 Å². The second kappa shape index (κ2) is 10.3. The van der Waals surface area contributed by atoms with Crippen LogP contribution >= 0.6 is 22.9 Å². The van der Waals surface area contributed by atoms with Crippen molar-refractivity contribution in [1.29, 1.82) is 0 Å². The van der Waals surface area contributed by atoms with Gasteiger partial charge in [0.25, 0.3) is 5.91 Å². The van der Waals surface area contributed by atoms with E-state index in [4.69, 9.17) is 16.3 Å². The van der Waals surface area contributed by atoms with Gasteiger partial charge < -0.3 is 10.1 Å². The molecule has 6 nitrogen and oxygen atoms in total. The Hall–Kier alpha value is -1.96. The SMILES string of the molecule is CC(C)OCCCNC(=O)Cc1csc(NC(=O)c2ccc(Cl)cc2)n1. The maximum atomic E-state index is 12.1. The number of carbonyl (C=O) groups is 2. The van der Waals surface area contributed by atoms with E-state index >= 15 is 0 Å². The molecule has 0 saturated heterocycles. The molecule has 0 saturated carbocycles. The fourth-order valence-corrected chi connectivity index (χ4v) is 2.89. The zero-order valence-electron chi connectivity index (χ0n) is 14.8. The first-order chi connectivity index (χ1) is 12.4. The van der Waals surface area contributed by atoms with Gasteiger partial charge in [0, 0.05) is 29.1 Å². The van der Waals surface area contributed by atoms with Gasteiger partial charge in [-0.05, 0) is 44.5 Å². The van der Waals surface area contributed by atoms with Gasteiger partial charge in [0.05, 0.1) is 18.2 Å². The van der Waals surface area contributed by atoms with Gasteiger partial charge in [-0.3, -0.25) is 14.9 Å². The van der Waals surface area contributed by atoms with E-state index < -0.39 is 0 Å². The summed E-state index contributed by atoms with van der Waals surface area (Å²) in [5.74, 6) is -0.368. The van der Waals surface area contributed by atoms with E-state index in [0.29, 0.717) is 34.6 Å². The van der Waals surface area contributed by atoms with Crippen LogP contribution in [0, 0.1) is 0 Å². The van der Waals surface area contributed by atoms with Crippen LogP contribution in [0.15, 0.2) is 29.6 Å². The van der Waals surface area contributed by atoms with Crippen LogP contribution in [-0.2, 0) is 16.0 Å². The van der Waals surface area contributed by atoms with E-state index in [0.717, 1.165) is 6.42 Å². The van der Waals surface area contributed by atoms with Gasteiger partial charge in [-0.1, -0.05) is 11.6 Å². The predicted octanol–water partition coefficient (Wildman–Crippen LogP) is 3.52. The Labute approximate surface area is 161 Å². The average Bonchev–Trinajstić information content (AvgIpc) is 3.01. The Morgan fingerprint density at radius 1 is 1.27 bits per heavy atom. The number of aromatic nitrogens is 1. The molecule has 2 N–H and O–H groups in total. The molecule has 0 bridgehead atoms. The van der Waals surface area contributed by atoms with E-state index in [1.807, 2.05) is 13.8 Å². The van der Waals surface area contributed by atoms with E-state index in [1.165, 1.54) is 11.3 Å². The number of benzene rings is 1. The zero-order chi connectivity index (χ0) is 18.9. The normalized spacial score (nSPS) is 10.8. The molecule has 2 amide bonds. The standard InChI is InChI=1S/C18H22ClN3O3S/c1-12(2)25-9-3-8-20-16(23)10-15-11-26-18(21-15)22-17(24)13-4-6-14(19)7-5-13/h4-7,11-12H,3,8-10H2,1-2H3,(H,20,23)(H,21,22,24). The van der Waals surface area contributed by atoms with Gasteiger partial charge in [0.15, 0.2) is 5.13 Å². The summed E-state index contributed by atoms with van der Waals surface area (Å²) in [6.45, 7) is 5.14. The molecule has 1 heterocycles. The highest BCUT2D eigenvalue weighted by Crippen LogP contribution is 2.17. The number of hydrogen-bond donors (Lipinski definition) is 2. The molecule has 0 aliphatic heterocycles. The molecule has 0 aliphatic rings. The quantitative estimate of drug-likeness (QED) is 0.636. The molecule has 0 unspecified atom stereocenters. The second-order valence-electron chi connectivity index (χ2n) is 5.90. The Kier molecular flexibility index (Phi) is 8.03. The molecule has 0 aliphatic carbocycles. The lowest BCUT2D eigenvalue weighted by Crippen LogP contribution is -2.27. The Bertz CT molecular complexity index is 732. The summed E-state index contributed by atoms with van der Waals surface area (Å²) < 4.78 is 5.42. The number of carbonyl (C=O) groups excluding carboxylic acids is 2. The number of thiazole rings is 1. The Balaban J connectivity index is 1.75. The minimum Gasteiger partial charge on any atom is -0.379 e. The van der Waals surface area contributed by atoms with E-state index in [2.05, 4.69) is 15.6 Å². The van der Waals surface area contributed by atoms with Crippen molar-refractivity contribution < 1.29 is 14.3 Å². The van der Waals surface area contributed by atoms with Gasteiger partial charge in [-0.15, -0.1) is 11.3 Å². The van der Waals surface area contributed by atoms with Crippen molar-refractivity contribution in [3.63, 3.8) is 0 Å². The third-order valence-electron chi connectivity index (χ3n) is 3.31. The van der Waals surface area contributed by atoms with Crippen LogP contribution in [0.5, 0.6) is 0 Å². The van der Waals surface area contributed by atoms with Crippen LogP contribution in [0.2, 0.25) is 5.02 Å². The fraction of sp³-hybridized carbons (Fsp3) is 0.389. The molecule has 8 heteroatoms. The van der Waals surface area contributed by atoms with Crippen LogP contribution in [0.3, 0.4) is 0 Å². The van der Waals surface area contributed by atoms with Gasteiger partial charge in [-0.25, -0.2) is 4.98 Å². The van der Waals surface area contributed by atoms with Crippen LogP contribution in [-0.4, -0.2) is 36.1 Å². The van der Waals surface area contributed by atoms with Crippen molar-refractivity contribution in [3.05, 3.63) is 45.9 Å². The molecule has 2 aromatic rings. The lowest BCUT2D eigenvalue weighted by molar-refractivity contribution is -0.120. The third-order valence-corrected chi connectivity index (χ3v) is 4.37. The van der Waals surface area contributed by atoms with Gasteiger partial charge in [0.1, 0.15) is 0 Å². The molecule has 1 aromatic heterocycles. The molecular formula is C18H22ClN3O3S. The summed E-state index contributed by atoms with van der Waals surface area (Å²) in [6, 6.07) is 6.59. The molecule has 2 rings (SSSR count). The average molecular weight is 396 g/mol. The van der Waals surface area contributed by atoms with Crippen molar-refractivity contribution >= 4 is 39.9 Å². The van der Waals surface area contributed by atoms with Gasteiger partial charge in [0.2, 0.25) is 5.91 Å².